The molecule has 18 heteroatoms. The van der Waals surface area contributed by atoms with Gasteiger partial charge in [0.1, 0.15) is 5.82 Å². The molecule has 1 atom stereocenters. The highest BCUT2D eigenvalue weighted by Crippen LogP contribution is 2.36. The lowest BCUT2D eigenvalue weighted by Gasteiger charge is -2.30. The highest BCUT2D eigenvalue weighted by atomic mass is 31.2. The van der Waals surface area contributed by atoms with Crippen molar-refractivity contribution >= 4 is 13.7 Å². The quantitative estimate of drug-likeness (QED) is 0.198. The molecule has 218 valence electrons. The van der Waals surface area contributed by atoms with E-state index < -0.39 is 55.0 Å². The van der Waals surface area contributed by atoms with Crippen LogP contribution in [0.15, 0.2) is 30.6 Å². The molecule has 1 aliphatic rings. The molecule has 0 saturated heterocycles. The Morgan fingerprint density at radius 2 is 1.68 bits per heavy atom. The zero-order chi connectivity index (χ0) is 30.0. The molecule has 10 nitrogen and oxygen atoms in total. The number of fused-ring (bicyclic) bond motifs is 1. The van der Waals surface area contributed by atoms with Gasteiger partial charge in [0.25, 0.3) is 0 Å². The van der Waals surface area contributed by atoms with E-state index >= 15 is 0 Å². The van der Waals surface area contributed by atoms with Crippen molar-refractivity contribution < 1.29 is 54.8 Å². The Balaban J connectivity index is 0.000000810. The summed E-state index contributed by atoms with van der Waals surface area (Å²) in [5.41, 5.74) is 5.23. The predicted octanol–water partition coefficient (Wildman–Crippen LogP) is 2.89. The summed E-state index contributed by atoms with van der Waals surface area (Å²) >= 11 is 0. The van der Waals surface area contributed by atoms with Gasteiger partial charge in [-0.05, 0) is 24.1 Å². The van der Waals surface area contributed by atoms with Crippen molar-refractivity contribution in [2.45, 2.75) is 38.1 Å². The first kappa shape index (κ1) is 31.2. The van der Waals surface area contributed by atoms with Crippen LogP contribution in [0.1, 0.15) is 23.5 Å². The Morgan fingerprint density at radius 3 is 2.27 bits per heavy atom. The first-order valence-electron chi connectivity index (χ1n) is 11.2. The molecule has 1 aromatic carbocycles. The summed E-state index contributed by atoms with van der Waals surface area (Å²) in [6.07, 6.45) is -3.36. The number of alkyl halides is 3. The van der Waals surface area contributed by atoms with Crippen molar-refractivity contribution in [3.05, 3.63) is 70.9 Å². The van der Waals surface area contributed by atoms with Crippen molar-refractivity contribution in [2.24, 2.45) is 5.73 Å². The van der Waals surface area contributed by atoms with E-state index in [1.807, 2.05) is 0 Å². The molecule has 40 heavy (non-hydrogen) atoms. The molecule has 3 aromatic rings. The van der Waals surface area contributed by atoms with E-state index in [0.29, 0.717) is 12.1 Å². The zero-order valence-electron chi connectivity index (χ0n) is 20.1. The third kappa shape index (κ3) is 7.85. The lowest BCUT2D eigenvalue weighted by atomic mass is 10.0. The van der Waals surface area contributed by atoms with Gasteiger partial charge in [-0.3, -0.25) is 9.78 Å². The standard InChI is InChI=1S/C22H18F7N5O.H3O4P/c23-14-8-16(25)15(24)6-11(14)5-12(30)7-19(35)33-3-4-34-18(10-33)20(32-21(34)22(27,28)29)13-1-2-31-9-17(13)26;1-5(2,3)4/h1-2,6,8-9,12H,3-5,7,10,30H2;(H3,1,2,3,4)/t12-;/m1./s1. The maximum atomic E-state index is 14.3. The van der Waals surface area contributed by atoms with Crippen LogP contribution in [-0.4, -0.2) is 52.6 Å². The Labute approximate surface area is 221 Å². The summed E-state index contributed by atoms with van der Waals surface area (Å²) in [7, 11) is -4.64. The molecule has 0 aliphatic carbocycles. The number of carbonyl (C=O) groups excluding carboxylic acids is 1. The SMILES string of the molecule is N[C@@H](CC(=O)N1CCn2c(C(F)(F)F)nc(-c3ccncc3F)c2C1)Cc1cc(F)c(F)cc1F.O=P(O)(O)O. The van der Waals surface area contributed by atoms with Gasteiger partial charge in [-0.2, -0.15) is 13.2 Å². The topological polar surface area (TPSA) is 155 Å². The third-order valence-corrected chi connectivity index (χ3v) is 5.65. The molecule has 3 heterocycles. The minimum Gasteiger partial charge on any atom is -0.335 e. The predicted molar refractivity (Wildman–Crippen MR) is 123 cm³/mol. The summed E-state index contributed by atoms with van der Waals surface area (Å²) in [5.74, 6) is -6.28. The number of halogens is 7. The minimum atomic E-state index is -4.81. The number of hydrogen-bond acceptors (Lipinski definition) is 5. The number of pyridine rings is 1. The van der Waals surface area contributed by atoms with Crippen LogP contribution < -0.4 is 5.73 Å². The van der Waals surface area contributed by atoms with Crippen molar-refractivity contribution in [1.82, 2.24) is 19.4 Å². The van der Waals surface area contributed by atoms with E-state index in [4.69, 9.17) is 25.0 Å². The number of imidazole rings is 1. The number of carbonyl (C=O) groups is 1. The van der Waals surface area contributed by atoms with E-state index in [0.717, 1.165) is 10.8 Å². The summed E-state index contributed by atoms with van der Waals surface area (Å²) in [4.78, 5) is 42.8. The second-order valence-electron chi connectivity index (χ2n) is 8.59. The van der Waals surface area contributed by atoms with Crippen LogP contribution in [0.2, 0.25) is 0 Å². The minimum absolute atomic E-state index is 0.0118. The van der Waals surface area contributed by atoms with E-state index in [1.54, 1.807) is 0 Å². The van der Waals surface area contributed by atoms with Crippen LogP contribution in [0, 0.1) is 23.3 Å². The molecule has 0 fully saturated rings. The third-order valence-electron chi connectivity index (χ3n) is 5.65. The number of amides is 1. The Morgan fingerprint density at radius 1 is 1.05 bits per heavy atom. The van der Waals surface area contributed by atoms with Gasteiger partial charge < -0.3 is 29.9 Å². The molecule has 1 amide bonds. The average molecular weight is 599 g/mol. The fraction of sp³-hybridized carbons (Fsp3) is 0.318. The van der Waals surface area contributed by atoms with Crippen LogP contribution in [0.25, 0.3) is 11.3 Å². The number of benzene rings is 1. The lowest BCUT2D eigenvalue weighted by Crippen LogP contribution is -2.42. The Kier molecular flexibility index (Phi) is 9.36. The van der Waals surface area contributed by atoms with E-state index in [9.17, 15) is 35.5 Å². The molecule has 5 N–H and O–H groups in total. The summed E-state index contributed by atoms with van der Waals surface area (Å²) in [5, 5.41) is 0. The normalized spacial score (nSPS) is 14.3. The van der Waals surface area contributed by atoms with Gasteiger partial charge in [-0.1, -0.05) is 0 Å². The summed E-state index contributed by atoms with van der Waals surface area (Å²) in [6.45, 7) is -0.649. The molecule has 0 radical (unpaired) electrons. The fourth-order valence-electron chi connectivity index (χ4n) is 4.01. The molecule has 1 aliphatic heterocycles. The molecule has 0 saturated carbocycles. The molecule has 0 spiro atoms. The molecule has 2 aromatic heterocycles. The maximum Gasteiger partial charge on any atom is 0.466 e. The first-order chi connectivity index (χ1) is 18.5. The molecule has 4 rings (SSSR count). The van der Waals surface area contributed by atoms with Gasteiger partial charge in [0, 0.05) is 43.4 Å². The number of hydrogen-bond donors (Lipinski definition) is 4. The van der Waals surface area contributed by atoms with Gasteiger partial charge in [0.2, 0.25) is 11.7 Å². The monoisotopic (exact) mass is 599 g/mol. The van der Waals surface area contributed by atoms with Crippen LogP contribution in [0.5, 0.6) is 0 Å². The second-order valence-corrected chi connectivity index (χ2v) is 9.62. The summed E-state index contributed by atoms with van der Waals surface area (Å²) in [6, 6.07) is 1.24. The maximum absolute atomic E-state index is 14.3. The van der Waals surface area contributed by atoms with Gasteiger partial charge >= 0.3 is 14.0 Å². The second kappa shape index (κ2) is 12.0. The van der Waals surface area contributed by atoms with E-state index in [2.05, 4.69) is 9.97 Å². The zero-order valence-corrected chi connectivity index (χ0v) is 21.0. The highest BCUT2D eigenvalue weighted by molar-refractivity contribution is 7.45. The molecular formula is C22H21F7N5O5P. The Hall–Kier alpha value is -3.37. The van der Waals surface area contributed by atoms with Crippen molar-refractivity contribution in [1.29, 1.82) is 0 Å². The van der Waals surface area contributed by atoms with Gasteiger partial charge in [0.15, 0.2) is 17.5 Å². The number of aromatic nitrogens is 3. The first-order valence-corrected chi connectivity index (χ1v) is 12.7. The summed E-state index contributed by atoms with van der Waals surface area (Å²) < 4.78 is 105. The van der Waals surface area contributed by atoms with Crippen molar-refractivity contribution in [2.75, 3.05) is 6.54 Å². The number of rotatable bonds is 5. The van der Waals surface area contributed by atoms with Crippen LogP contribution in [0.3, 0.4) is 0 Å². The van der Waals surface area contributed by atoms with Gasteiger partial charge in [0.05, 0.1) is 24.1 Å². The van der Waals surface area contributed by atoms with Crippen LogP contribution in [0.4, 0.5) is 30.7 Å². The number of nitrogens with two attached hydrogens (primary N) is 1. The largest absolute Gasteiger partial charge is 0.466 e. The highest BCUT2D eigenvalue weighted by Gasteiger charge is 2.41. The van der Waals surface area contributed by atoms with Gasteiger partial charge in [-0.25, -0.2) is 27.1 Å². The van der Waals surface area contributed by atoms with E-state index in [1.165, 1.54) is 17.2 Å². The smallest absolute Gasteiger partial charge is 0.335 e. The lowest BCUT2D eigenvalue weighted by molar-refractivity contribution is -0.148. The van der Waals surface area contributed by atoms with Crippen molar-refractivity contribution in [3.8, 4) is 11.3 Å². The Bertz CT molecular complexity index is 1440. The number of phosphoric acid groups is 1. The average Bonchev–Trinajstić information content (AvgIpc) is 3.21. The molecular weight excluding hydrogens is 578 g/mol. The molecule has 0 bridgehead atoms. The fourth-order valence-corrected chi connectivity index (χ4v) is 4.01. The molecule has 0 unspecified atom stereocenters. The van der Waals surface area contributed by atoms with Crippen molar-refractivity contribution in [3.63, 3.8) is 0 Å². The van der Waals surface area contributed by atoms with Gasteiger partial charge in [-0.15, -0.1) is 0 Å². The number of nitrogens with zero attached hydrogens (tertiary/aromatic N) is 4. The van der Waals surface area contributed by atoms with Crippen LogP contribution in [-0.2, 0) is 35.0 Å². The van der Waals surface area contributed by atoms with Crippen LogP contribution >= 0.6 is 7.82 Å². The van der Waals surface area contributed by atoms with E-state index in [-0.39, 0.29) is 55.0 Å².